The maximum Gasteiger partial charge on any atom is 0.250 e. The number of hydrogen-bond acceptors (Lipinski definition) is 5. The maximum atomic E-state index is 11.2. The SMILES string of the molecule is Cc1cc(CNc2cccc(NC(=O)CO)c2)ccc1-n1cncn1. The minimum atomic E-state index is -0.533. The number of amides is 1. The number of benzene rings is 2. The van der Waals surface area contributed by atoms with E-state index in [0.29, 0.717) is 12.2 Å². The molecule has 25 heavy (non-hydrogen) atoms. The predicted molar refractivity (Wildman–Crippen MR) is 95.6 cm³/mol. The fourth-order valence-corrected chi connectivity index (χ4v) is 2.53. The summed E-state index contributed by atoms with van der Waals surface area (Å²) < 4.78 is 1.74. The highest BCUT2D eigenvalue weighted by Gasteiger charge is 2.04. The third-order valence-electron chi connectivity index (χ3n) is 3.71. The second-order valence-corrected chi connectivity index (χ2v) is 5.60. The molecule has 0 aliphatic rings. The average Bonchev–Trinajstić information content (AvgIpc) is 3.14. The van der Waals surface area contributed by atoms with Crippen LogP contribution in [-0.2, 0) is 11.3 Å². The van der Waals surface area contributed by atoms with Gasteiger partial charge in [0.05, 0.1) is 5.69 Å². The molecule has 2 aromatic carbocycles. The Kier molecular flexibility index (Phi) is 5.06. The molecular weight excluding hydrogens is 318 g/mol. The lowest BCUT2D eigenvalue weighted by Gasteiger charge is -2.11. The van der Waals surface area contributed by atoms with E-state index in [-0.39, 0.29) is 0 Å². The molecule has 3 aromatic rings. The van der Waals surface area contributed by atoms with Crippen molar-refractivity contribution in [3.63, 3.8) is 0 Å². The van der Waals surface area contributed by atoms with E-state index >= 15 is 0 Å². The van der Waals surface area contributed by atoms with Gasteiger partial charge in [0.15, 0.2) is 0 Å². The van der Waals surface area contributed by atoms with Crippen molar-refractivity contribution in [1.82, 2.24) is 14.8 Å². The first kappa shape index (κ1) is 16.7. The number of aryl methyl sites for hydroxylation is 1. The lowest BCUT2D eigenvalue weighted by Crippen LogP contribution is -2.15. The summed E-state index contributed by atoms with van der Waals surface area (Å²) in [5.41, 5.74) is 4.75. The molecule has 0 aliphatic carbocycles. The first-order valence-electron chi connectivity index (χ1n) is 7.85. The summed E-state index contributed by atoms with van der Waals surface area (Å²) in [6.45, 7) is 2.15. The van der Waals surface area contributed by atoms with Gasteiger partial charge in [0.2, 0.25) is 5.91 Å². The summed E-state index contributed by atoms with van der Waals surface area (Å²) in [7, 11) is 0. The highest BCUT2D eigenvalue weighted by atomic mass is 16.3. The van der Waals surface area contributed by atoms with Crippen LogP contribution in [0.3, 0.4) is 0 Å². The number of aliphatic hydroxyl groups is 1. The van der Waals surface area contributed by atoms with Crippen molar-refractivity contribution in [3.8, 4) is 5.69 Å². The number of hydrogen-bond donors (Lipinski definition) is 3. The molecule has 0 saturated carbocycles. The Labute approximate surface area is 145 Å². The van der Waals surface area contributed by atoms with E-state index in [4.69, 9.17) is 5.11 Å². The van der Waals surface area contributed by atoms with Crippen molar-refractivity contribution in [2.75, 3.05) is 17.2 Å². The Bertz CT molecular complexity index is 862. The van der Waals surface area contributed by atoms with Crippen LogP contribution in [0.4, 0.5) is 11.4 Å². The number of aliphatic hydroxyl groups excluding tert-OH is 1. The summed E-state index contributed by atoms with van der Waals surface area (Å²) in [6.07, 6.45) is 3.18. The second kappa shape index (κ2) is 7.59. The predicted octanol–water partition coefficient (Wildman–Crippen LogP) is 2.12. The normalized spacial score (nSPS) is 10.5. The molecule has 1 heterocycles. The largest absolute Gasteiger partial charge is 0.387 e. The summed E-state index contributed by atoms with van der Waals surface area (Å²) in [4.78, 5) is 15.2. The van der Waals surface area contributed by atoms with E-state index in [9.17, 15) is 4.79 Å². The van der Waals surface area contributed by atoms with Crippen molar-refractivity contribution in [2.45, 2.75) is 13.5 Å². The molecule has 0 bridgehead atoms. The Hall–Kier alpha value is -3.19. The van der Waals surface area contributed by atoms with Gasteiger partial charge in [-0.1, -0.05) is 18.2 Å². The van der Waals surface area contributed by atoms with Crippen LogP contribution in [0.25, 0.3) is 5.69 Å². The molecule has 0 unspecified atom stereocenters. The quantitative estimate of drug-likeness (QED) is 0.641. The Morgan fingerprint density at radius 2 is 2.04 bits per heavy atom. The number of nitrogens with one attached hydrogen (secondary N) is 2. The first-order chi connectivity index (χ1) is 12.2. The molecule has 0 saturated heterocycles. The van der Waals surface area contributed by atoms with Gasteiger partial charge in [-0.15, -0.1) is 0 Å². The molecule has 3 N–H and O–H groups in total. The molecule has 1 amide bonds. The van der Waals surface area contributed by atoms with E-state index in [1.165, 1.54) is 6.33 Å². The van der Waals surface area contributed by atoms with Crippen LogP contribution in [0.15, 0.2) is 55.1 Å². The van der Waals surface area contributed by atoms with Gasteiger partial charge < -0.3 is 15.7 Å². The van der Waals surface area contributed by atoms with Gasteiger partial charge in [-0.2, -0.15) is 5.10 Å². The highest BCUT2D eigenvalue weighted by molar-refractivity contribution is 5.91. The third kappa shape index (κ3) is 4.21. The smallest absolute Gasteiger partial charge is 0.250 e. The topological polar surface area (TPSA) is 92.1 Å². The molecule has 0 radical (unpaired) electrons. The zero-order valence-electron chi connectivity index (χ0n) is 13.8. The number of carbonyl (C=O) groups excluding carboxylic acids is 1. The van der Waals surface area contributed by atoms with Crippen molar-refractivity contribution in [1.29, 1.82) is 0 Å². The van der Waals surface area contributed by atoms with Gasteiger partial charge in [0.1, 0.15) is 19.3 Å². The van der Waals surface area contributed by atoms with Crippen LogP contribution in [0.5, 0.6) is 0 Å². The molecule has 0 spiro atoms. The van der Waals surface area contributed by atoms with Crippen LogP contribution in [-0.4, -0.2) is 32.4 Å². The molecule has 0 fully saturated rings. The molecule has 0 aliphatic heterocycles. The lowest BCUT2D eigenvalue weighted by molar-refractivity contribution is -0.118. The van der Waals surface area contributed by atoms with Crippen molar-refractivity contribution in [2.24, 2.45) is 0 Å². The standard InChI is InChI=1S/C18H19N5O2/c1-13-7-14(5-6-17(13)23-12-19-11-21-23)9-20-15-3-2-4-16(8-15)22-18(25)10-24/h2-8,11-12,20,24H,9-10H2,1H3,(H,22,25). The van der Waals surface area contributed by atoms with E-state index in [1.54, 1.807) is 17.1 Å². The Morgan fingerprint density at radius 1 is 1.20 bits per heavy atom. The van der Waals surface area contributed by atoms with Crippen LogP contribution in [0, 0.1) is 6.92 Å². The van der Waals surface area contributed by atoms with Gasteiger partial charge in [-0.05, 0) is 42.3 Å². The van der Waals surface area contributed by atoms with E-state index in [1.807, 2.05) is 37.3 Å². The van der Waals surface area contributed by atoms with Gasteiger partial charge in [0.25, 0.3) is 0 Å². The highest BCUT2D eigenvalue weighted by Crippen LogP contribution is 2.18. The van der Waals surface area contributed by atoms with Crippen LogP contribution >= 0.6 is 0 Å². The van der Waals surface area contributed by atoms with Crippen molar-refractivity contribution >= 4 is 17.3 Å². The molecule has 3 rings (SSSR count). The minimum absolute atomic E-state index is 0.434. The Balaban J connectivity index is 1.67. The maximum absolute atomic E-state index is 11.2. The fourth-order valence-electron chi connectivity index (χ4n) is 2.53. The summed E-state index contributed by atoms with van der Waals surface area (Å²) in [5.74, 6) is -0.434. The number of aromatic nitrogens is 3. The average molecular weight is 337 g/mol. The van der Waals surface area contributed by atoms with E-state index in [0.717, 1.165) is 22.5 Å². The third-order valence-corrected chi connectivity index (χ3v) is 3.71. The number of rotatable bonds is 6. The van der Waals surface area contributed by atoms with Crippen LogP contribution in [0.2, 0.25) is 0 Å². The molecule has 1 aromatic heterocycles. The molecular formula is C18H19N5O2. The summed E-state index contributed by atoms with van der Waals surface area (Å²) in [6, 6.07) is 13.5. The number of carbonyl (C=O) groups is 1. The van der Waals surface area contributed by atoms with Crippen LogP contribution < -0.4 is 10.6 Å². The molecule has 0 atom stereocenters. The monoisotopic (exact) mass is 337 g/mol. The van der Waals surface area contributed by atoms with Gasteiger partial charge in [0, 0.05) is 17.9 Å². The zero-order valence-corrected chi connectivity index (χ0v) is 13.8. The fraction of sp³-hybridized carbons (Fsp3) is 0.167. The van der Waals surface area contributed by atoms with E-state index < -0.39 is 12.5 Å². The number of anilines is 2. The van der Waals surface area contributed by atoms with E-state index in [2.05, 4.69) is 26.8 Å². The lowest BCUT2D eigenvalue weighted by atomic mass is 10.1. The minimum Gasteiger partial charge on any atom is -0.387 e. The van der Waals surface area contributed by atoms with Gasteiger partial charge in [-0.3, -0.25) is 4.79 Å². The number of nitrogens with zero attached hydrogens (tertiary/aromatic N) is 3. The van der Waals surface area contributed by atoms with Crippen LogP contribution in [0.1, 0.15) is 11.1 Å². The Morgan fingerprint density at radius 3 is 2.76 bits per heavy atom. The summed E-state index contributed by atoms with van der Waals surface area (Å²) >= 11 is 0. The molecule has 7 nitrogen and oxygen atoms in total. The summed E-state index contributed by atoms with van der Waals surface area (Å²) in [5, 5.41) is 18.9. The van der Waals surface area contributed by atoms with Gasteiger partial charge >= 0.3 is 0 Å². The van der Waals surface area contributed by atoms with Crippen molar-refractivity contribution < 1.29 is 9.90 Å². The van der Waals surface area contributed by atoms with Crippen molar-refractivity contribution in [3.05, 3.63) is 66.2 Å². The molecule has 128 valence electrons. The van der Waals surface area contributed by atoms with Gasteiger partial charge in [-0.25, -0.2) is 9.67 Å². The zero-order chi connectivity index (χ0) is 17.6. The molecule has 7 heteroatoms. The second-order valence-electron chi connectivity index (χ2n) is 5.60. The first-order valence-corrected chi connectivity index (χ1v) is 7.85.